The first-order valence-corrected chi connectivity index (χ1v) is 15.5. The maximum absolute atomic E-state index is 13.2. The molecule has 0 amide bonds. The number of aromatic nitrogens is 2. The molecular formula is C29H39N3O4S2. The van der Waals surface area contributed by atoms with Crippen molar-refractivity contribution in [3.63, 3.8) is 0 Å². The first-order valence-electron chi connectivity index (χ1n) is 13.7. The summed E-state index contributed by atoms with van der Waals surface area (Å²) in [6.45, 7) is 10.0. The predicted molar refractivity (Wildman–Crippen MR) is 151 cm³/mol. The maximum Gasteiger partial charge on any atom is 0.306 e. The molecule has 2 N–H and O–H groups in total. The number of rotatable bonds is 3. The number of carbonyl (C=O) groups is 2. The molecule has 1 aliphatic carbocycles. The normalized spacial score (nSPS) is 36.8. The smallest absolute Gasteiger partial charge is 0.306 e. The zero-order valence-electron chi connectivity index (χ0n) is 23.0. The summed E-state index contributed by atoms with van der Waals surface area (Å²) in [5.41, 5.74) is 2.18. The van der Waals surface area contributed by atoms with E-state index < -0.39 is 17.4 Å². The number of ketones is 1. The van der Waals surface area contributed by atoms with Gasteiger partial charge in [-0.15, -0.1) is 22.7 Å². The lowest BCUT2D eigenvalue weighted by Gasteiger charge is -2.43. The minimum absolute atomic E-state index is 0.00405. The van der Waals surface area contributed by atoms with Gasteiger partial charge in [0.15, 0.2) is 10.0 Å². The van der Waals surface area contributed by atoms with Crippen molar-refractivity contribution >= 4 is 40.5 Å². The van der Waals surface area contributed by atoms with Crippen molar-refractivity contribution in [2.24, 2.45) is 17.3 Å². The van der Waals surface area contributed by atoms with Gasteiger partial charge in [0, 0.05) is 52.2 Å². The van der Waals surface area contributed by atoms with E-state index in [0.717, 1.165) is 46.2 Å². The molecule has 3 aliphatic rings. The Morgan fingerprint density at radius 3 is 2.66 bits per heavy atom. The Morgan fingerprint density at radius 1 is 1.18 bits per heavy atom. The largest absolute Gasteiger partial charge is 0.458 e. The first kappa shape index (κ1) is 27.6. The monoisotopic (exact) mass is 557 g/mol. The van der Waals surface area contributed by atoms with Gasteiger partial charge in [0.05, 0.1) is 11.8 Å². The molecule has 1 saturated carbocycles. The zero-order valence-corrected chi connectivity index (χ0v) is 24.6. The molecule has 2 saturated heterocycles. The molecule has 9 heteroatoms. The fourth-order valence-corrected chi connectivity index (χ4v) is 8.05. The molecule has 2 bridgehead atoms. The highest BCUT2D eigenvalue weighted by atomic mass is 32.1. The second-order valence-electron chi connectivity index (χ2n) is 12.1. The van der Waals surface area contributed by atoms with Crippen LogP contribution in [-0.4, -0.2) is 50.6 Å². The Morgan fingerprint density at radius 2 is 1.92 bits per heavy atom. The van der Waals surface area contributed by atoms with E-state index in [1.807, 2.05) is 44.5 Å². The summed E-state index contributed by atoms with van der Waals surface area (Å²) in [6.07, 6.45) is 5.92. The van der Waals surface area contributed by atoms with Crippen molar-refractivity contribution in [1.29, 1.82) is 0 Å². The Hall–Kier alpha value is -1.94. The van der Waals surface area contributed by atoms with E-state index >= 15 is 0 Å². The van der Waals surface area contributed by atoms with Crippen LogP contribution in [0.4, 0.5) is 0 Å². The minimum atomic E-state index is -0.609. The van der Waals surface area contributed by atoms with Gasteiger partial charge in [0.2, 0.25) is 0 Å². The number of hydrogen-bond donors (Lipinski definition) is 2. The maximum atomic E-state index is 13.2. The molecule has 2 aromatic rings. The third kappa shape index (κ3) is 5.67. The van der Waals surface area contributed by atoms with Crippen molar-refractivity contribution in [2.45, 2.75) is 103 Å². The number of ether oxygens (including phenoxy) is 1. The molecule has 38 heavy (non-hydrogen) atoms. The Kier molecular flexibility index (Phi) is 7.68. The van der Waals surface area contributed by atoms with Gasteiger partial charge in [-0.25, -0.2) is 9.97 Å². The van der Waals surface area contributed by atoms with E-state index in [2.05, 4.69) is 17.2 Å². The first-order chi connectivity index (χ1) is 18.0. The molecular weight excluding hydrogens is 518 g/mol. The van der Waals surface area contributed by atoms with Crippen molar-refractivity contribution < 1.29 is 19.4 Å². The summed E-state index contributed by atoms with van der Waals surface area (Å²) in [6, 6.07) is 0.262. The number of Topliss-reactive ketones (excluding diaryl/α,β-unsaturated/α-hetero) is 1. The number of nitrogens with one attached hydrogen (secondary N) is 1. The summed E-state index contributed by atoms with van der Waals surface area (Å²) < 4.78 is 6.09. The van der Waals surface area contributed by atoms with Crippen molar-refractivity contribution in [3.05, 3.63) is 27.7 Å². The van der Waals surface area contributed by atoms with Crippen LogP contribution in [0.2, 0.25) is 0 Å². The van der Waals surface area contributed by atoms with E-state index in [-0.39, 0.29) is 41.8 Å². The number of aliphatic hydroxyl groups excluding tert-OH is 1. The number of thiazole rings is 2. The van der Waals surface area contributed by atoms with Crippen LogP contribution in [0.25, 0.3) is 16.1 Å². The van der Waals surface area contributed by atoms with Gasteiger partial charge in [-0.1, -0.05) is 20.3 Å². The van der Waals surface area contributed by atoms with Crippen LogP contribution in [0.1, 0.15) is 84.0 Å². The highest BCUT2D eigenvalue weighted by Gasteiger charge is 2.51. The van der Waals surface area contributed by atoms with Gasteiger partial charge in [-0.05, 0) is 64.0 Å². The van der Waals surface area contributed by atoms with Crippen LogP contribution < -0.4 is 5.32 Å². The number of carbonyl (C=O) groups excluding carboxylic acids is 2. The number of hydrogen-bond acceptors (Lipinski definition) is 9. The van der Waals surface area contributed by atoms with Crippen LogP contribution in [0.3, 0.4) is 0 Å². The number of nitrogens with zero attached hydrogens (tertiary/aromatic N) is 2. The number of aliphatic hydroxyl groups is 1. The lowest BCUT2D eigenvalue weighted by molar-refractivity contribution is -0.151. The summed E-state index contributed by atoms with van der Waals surface area (Å²) in [5, 5.41) is 20.3. The SMILES string of the molecule is C/C(=C\c1csc(-c2nc(C)cs2)n1)[C@@H]1C[C@@H]2N[C@]2(C)CCC[C@@H]2C[C@](C)(CCC(=O)O1)C(=O)[C@H](C)[C@H]2O. The van der Waals surface area contributed by atoms with Crippen LogP contribution in [0, 0.1) is 24.2 Å². The third-order valence-electron chi connectivity index (χ3n) is 8.99. The second-order valence-corrected chi connectivity index (χ2v) is 13.9. The molecule has 0 aromatic carbocycles. The van der Waals surface area contributed by atoms with Crippen molar-refractivity contribution in [2.75, 3.05) is 0 Å². The van der Waals surface area contributed by atoms with Crippen molar-refractivity contribution in [3.8, 4) is 10.0 Å². The van der Waals surface area contributed by atoms with Gasteiger partial charge in [0.25, 0.3) is 0 Å². The molecule has 0 radical (unpaired) electrons. The van der Waals surface area contributed by atoms with E-state index in [4.69, 9.17) is 9.72 Å². The summed E-state index contributed by atoms with van der Waals surface area (Å²) >= 11 is 3.16. The van der Waals surface area contributed by atoms with E-state index in [0.29, 0.717) is 19.3 Å². The minimum Gasteiger partial charge on any atom is -0.458 e. The fourth-order valence-electron chi connectivity index (χ4n) is 6.43. The van der Waals surface area contributed by atoms with Crippen molar-refractivity contribution in [1.82, 2.24) is 15.3 Å². The van der Waals surface area contributed by atoms with Crippen LogP contribution in [-0.2, 0) is 14.3 Å². The standard InChI is InChI=1S/C29H39N3O4S2/c1-16(11-20-15-38-27(31-20)26-30-17(2)14-37-26)21-12-22-29(5,32-22)9-6-7-19-13-28(4,10-8-23(33)36-21)25(35)18(3)24(19)34/h11,14-15,18-19,21-22,24,32,34H,6-10,12-13H2,1-5H3/b16-11+/t18-,19-,21+,22+,24-,28+,29-/m1/s1. The van der Waals surface area contributed by atoms with Crippen LogP contribution >= 0.6 is 22.7 Å². The van der Waals surface area contributed by atoms with Gasteiger partial charge < -0.3 is 15.2 Å². The topological polar surface area (TPSA) is 111 Å². The third-order valence-corrected chi connectivity index (χ3v) is 11.0. The summed E-state index contributed by atoms with van der Waals surface area (Å²) in [4.78, 5) is 35.6. The highest BCUT2D eigenvalue weighted by molar-refractivity contribution is 7.19. The van der Waals surface area contributed by atoms with Gasteiger partial charge in [0.1, 0.15) is 11.9 Å². The number of fused-ring (bicyclic) bond motifs is 3. The molecule has 4 heterocycles. The summed E-state index contributed by atoms with van der Waals surface area (Å²) in [5.74, 6) is -0.524. The zero-order chi connectivity index (χ0) is 27.2. The van der Waals surface area contributed by atoms with Gasteiger partial charge in [-0.3, -0.25) is 9.59 Å². The molecule has 7 nitrogen and oxygen atoms in total. The highest BCUT2D eigenvalue weighted by Crippen LogP contribution is 2.46. The molecule has 2 aromatic heterocycles. The molecule has 0 spiro atoms. The lowest BCUT2D eigenvalue weighted by atomic mass is 9.61. The quantitative estimate of drug-likeness (QED) is 0.375. The average molecular weight is 558 g/mol. The Bertz CT molecular complexity index is 1240. The number of cyclic esters (lactones) is 1. The second kappa shape index (κ2) is 10.6. The molecule has 7 atom stereocenters. The van der Waals surface area contributed by atoms with E-state index in [9.17, 15) is 14.7 Å². The molecule has 206 valence electrons. The Balaban J connectivity index is 1.35. The summed E-state index contributed by atoms with van der Waals surface area (Å²) in [7, 11) is 0. The van der Waals surface area contributed by atoms with Gasteiger partial charge >= 0.3 is 5.97 Å². The molecule has 5 rings (SSSR count). The number of aryl methyl sites for hydroxylation is 1. The van der Waals surface area contributed by atoms with E-state index in [1.54, 1.807) is 22.7 Å². The van der Waals surface area contributed by atoms with Crippen LogP contribution in [0.5, 0.6) is 0 Å². The van der Waals surface area contributed by atoms with Gasteiger partial charge in [-0.2, -0.15) is 0 Å². The molecule has 0 unspecified atom stereocenters. The van der Waals surface area contributed by atoms with E-state index in [1.165, 1.54) is 0 Å². The number of esters is 1. The Labute approximate surface area is 233 Å². The van der Waals surface area contributed by atoms with Crippen LogP contribution in [0.15, 0.2) is 16.3 Å². The molecule has 2 aliphatic heterocycles. The lowest BCUT2D eigenvalue weighted by Crippen LogP contribution is -2.48. The average Bonchev–Trinajstić information content (AvgIpc) is 3.20. The fraction of sp³-hybridized carbons (Fsp3) is 0.655. The predicted octanol–water partition coefficient (Wildman–Crippen LogP) is 5.57. The molecule has 3 fully saturated rings.